The van der Waals surface area contributed by atoms with Crippen LogP contribution in [0.25, 0.3) is 0 Å². The van der Waals surface area contributed by atoms with Gasteiger partial charge in [0.25, 0.3) is 0 Å². The van der Waals surface area contributed by atoms with Crippen molar-refractivity contribution in [1.82, 2.24) is 0 Å². The van der Waals surface area contributed by atoms with Gasteiger partial charge >= 0.3 is 11.9 Å². The zero-order chi connectivity index (χ0) is 31.1. The number of aromatic hydroxyl groups is 1. The summed E-state index contributed by atoms with van der Waals surface area (Å²) in [6.45, 7) is 5.29. The van der Waals surface area contributed by atoms with E-state index in [4.69, 9.17) is 15.2 Å². The quantitative estimate of drug-likeness (QED) is 0.323. The van der Waals surface area contributed by atoms with Gasteiger partial charge in [-0.15, -0.1) is 0 Å². The van der Waals surface area contributed by atoms with Gasteiger partial charge in [0.2, 0.25) is 0 Å². The molecule has 0 amide bonds. The fraction of sp³-hybridized carbons (Fsp3) is 0.667. The largest absolute Gasteiger partial charge is 0.508 e. The first-order valence-electron chi connectivity index (χ1n) is 16.5. The number of phenols is 1. The Morgan fingerprint density at radius 2 is 1.82 bits per heavy atom. The Labute approximate surface area is 259 Å². The van der Waals surface area contributed by atoms with Crippen molar-refractivity contribution in [3.8, 4) is 5.75 Å². The van der Waals surface area contributed by atoms with Gasteiger partial charge in [-0.1, -0.05) is 26.0 Å². The van der Waals surface area contributed by atoms with Gasteiger partial charge in [0.05, 0.1) is 5.41 Å². The third-order valence-electron chi connectivity index (χ3n) is 13.9. The van der Waals surface area contributed by atoms with Crippen LogP contribution in [-0.4, -0.2) is 47.9 Å². The number of carbonyl (C=O) groups is 4. The molecule has 236 valence electrons. The van der Waals surface area contributed by atoms with E-state index < -0.39 is 23.0 Å². The second kappa shape index (κ2) is 10.3. The summed E-state index contributed by atoms with van der Waals surface area (Å²) in [5.74, 6) is 1.58. The van der Waals surface area contributed by atoms with Crippen molar-refractivity contribution in [2.45, 2.75) is 89.7 Å². The molecule has 0 saturated heterocycles. The number of ether oxygens (including phenoxy) is 2. The number of hydrogen-bond donors (Lipinski definition) is 2. The molecule has 1 aromatic carbocycles. The lowest BCUT2D eigenvalue weighted by molar-refractivity contribution is -0.169. The Balaban J connectivity index is 1.12. The second-order valence-electron chi connectivity index (χ2n) is 15.4. The molecular formula is C36H45NO7. The highest BCUT2D eigenvalue weighted by atomic mass is 16.6. The summed E-state index contributed by atoms with van der Waals surface area (Å²) in [6, 6.07) is 5.66. The Kier molecular flexibility index (Phi) is 6.93. The van der Waals surface area contributed by atoms with E-state index >= 15 is 0 Å². The van der Waals surface area contributed by atoms with Crippen LogP contribution in [0, 0.1) is 51.8 Å². The van der Waals surface area contributed by atoms with Gasteiger partial charge in [-0.25, -0.2) is 4.79 Å². The molecule has 0 radical (unpaired) electrons. The molecule has 6 aliphatic rings. The third-order valence-corrected chi connectivity index (χ3v) is 13.9. The summed E-state index contributed by atoms with van der Waals surface area (Å²) in [5, 5.41) is 9.60. The summed E-state index contributed by atoms with van der Waals surface area (Å²) in [7, 11) is 0. The van der Waals surface area contributed by atoms with Crippen molar-refractivity contribution in [1.29, 1.82) is 0 Å². The highest BCUT2D eigenvalue weighted by molar-refractivity contribution is 5.85. The lowest BCUT2D eigenvalue weighted by Gasteiger charge is -2.61. The molecule has 1 aliphatic heterocycles. The number of cyclic esters (lactones) is 1. The van der Waals surface area contributed by atoms with Crippen LogP contribution in [0.4, 0.5) is 0 Å². The molecule has 2 unspecified atom stereocenters. The monoisotopic (exact) mass is 603 g/mol. The van der Waals surface area contributed by atoms with Crippen molar-refractivity contribution in [2.75, 3.05) is 6.61 Å². The zero-order valence-corrected chi connectivity index (χ0v) is 25.8. The Bertz CT molecular complexity index is 1410. The van der Waals surface area contributed by atoms with E-state index in [-0.39, 0.29) is 41.3 Å². The highest BCUT2D eigenvalue weighted by Gasteiger charge is 2.83. The van der Waals surface area contributed by atoms with Gasteiger partial charge in [0.1, 0.15) is 36.6 Å². The number of nitrogens with two attached hydrogens (primary N) is 1. The molecule has 3 N–H and O–H groups in total. The van der Waals surface area contributed by atoms with E-state index in [2.05, 4.69) is 13.8 Å². The van der Waals surface area contributed by atoms with Gasteiger partial charge in [-0.3, -0.25) is 4.79 Å². The average molecular weight is 604 g/mol. The first kappa shape index (κ1) is 29.7. The van der Waals surface area contributed by atoms with Crippen molar-refractivity contribution < 1.29 is 33.8 Å². The van der Waals surface area contributed by atoms with Crippen molar-refractivity contribution in [3.63, 3.8) is 0 Å². The summed E-state index contributed by atoms with van der Waals surface area (Å²) >= 11 is 0. The van der Waals surface area contributed by atoms with Crippen molar-refractivity contribution in [2.24, 2.45) is 57.5 Å². The fourth-order valence-electron chi connectivity index (χ4n) is 11.7. The first-order chi connectivity index (χ1) is 21.0. The number of rotatable bonds is 8. The van der Waals surface area contributed by atoms with Crippen LogP contribution in [0.5, 0.6) is 5.75 Å². The van der Waals surface area contributed by atoms with Crippen LogP contribution < -0.4 is 5.73 Å². The molecule has 5 aliphatic carbocycles. The van der Waals surface area contributed by atoms with Crippen LogP contribution in [0.3, 0.4) is 0 Å². The zero-order valence-electron chi connectivity index (χ0n) is 25.8. The van der Waals surface area contributed by atoms with Crippen LogP contribution >= 0.6 is 0 Å². The SMILES string of the molecule is C[C@]12CC3C(C=O)(CC=O)[C@@]3(OC(=O)[C@@H](N)Cc3ccc(O)cc3)C[C@H]1CC[C@@H]1[C@@H]2CC[C@]2(C)[C@@H](C3=CC(=O)OC3)CC[C@@H]12. The summed E-state index contributed by atoms with van der Waals surface area (Å²) in [6.07, 6.45) is 11.8. The Morgan fingerprint density at radius 3 is 2.50 bits per heavy atom. The van der Waals surface area contributed by atoms with Gasteiger partial charge in [0.15, 0.2) is 0 Å². The van der Waals surface area contributed by atoms with Crippen LogP contribution in [0.2, 0.25) is 0 Å². The number of hydrogen-bond acceptors (Lipinski definition) is 8. The molecule has 0 bridgehead atoms. The molecule has 8 heteroatoms. The lowest BCUT2D eigenvalue weighted by atomic mass is 9.44. The van der Waals surface area contributed by atoms with E-state index in [1.807, 2.05) is 0 Å². The minimum Gasteiger partial charge on any atom is -0.508 e. The predicted molar refractivity (Wildman–Crippen MR) is 161 cm³/mol. The van der Waals surface area contributed by atoms with Crippen molar-refractivity contribution in [3.05, 3.63) is 41.5 Å². The van der Waals surface area contributed by atoms with E-state index in [9.17, 15) is 24.3 Å². The number of aldehydes is 2. The fourth-order valence-corrected chi connectivity index (χ4v) is 11.7. The van der Waals surface area contributed by atoms with E-state index in [0.29, 0.717) is 42.6 Å². The molecule has 1 heterocycles. The number of benzene rings is 1. The number of fused-ring (bicyclic) bond motifs is 6. The third kappa shape index (κ3) is 4.11. The summed E-state index contributed by atoms with van der Waals surface area (Å²) in [4.78, 5) is 50.2. The molecule has 5 saturated carbocycles. The van der Waals surface area contributed by atoms with Gasteiger partial charge in [-0.2, -0.15) is 0 Å². The van der Waals surface area contributed by atoms with Gasteiger partial charge in [-0.05, 0) is 121 Å². The standard InChI is InChI=1S/C36H45NO7/c1-33-12-11-28-25(27(33)10-9-26(33)22-16-31(41)43-19-22)8-5-23-17-36(30(18-34(23,28)2)35(36,20-39)13-14-38)44-32(42)29(37)15-21-3-6-24(40)7-4-21/h3-4,6-7,14,16,20,23,25-30,40H,5,8-13,15,17-19,37H2,1-2H3/t23-,25+,26-,27+,28+,29+,30?,33-,34+,35?,36-/m1/s1. The molecule has 5 fully saturated rings. The second-order valence-corrected chi connectivity index (χ2v) is 15.4. The maximum absolute atomic E-state index is 13.5. The minimum absolute atomic E-state index is 0.00356. The number of phenolic OH excluding ortho intramolecular Hbond substituents is 1. The summed E-state index contributed by atoms with van der Waals surface area (Å²) in [5.41, 5.74) is 6.49. The Hall–Kier alpha value is -3.00. The van der Waals surface area contributed by atoms with Crippen LogP contribution in [0.1, 0.15) is 77.2 Å². The van der Waals surface area contributed by atoms with Crippen LogP contribution in [-0.2, 0) is 35.1 Å². The van der Waals surface area contributed by atoms with E-state index in [1.165, 1.54) is 12.0 Å². The topological polar surface area (TPSA) is 133 Å². The normalized spacial score (nSPS) is 44.2. The lowest BCUT2D eigenvalue weighted by Crippen LogP contribution is -2.55. The molecule has 1 aromatic rings. The molecule has 7 rings (SSSR count). The van der Waals surface area contributed by atoms with E-state index in [0.717, 1.165) is 56.7 Å². The van der Waals surface area contributed by atoms with E-state index in [1.54, 1.807) is 30.3 Å². The molecule has 0 spiro atoms. The minimum atomic E-state index is -0.998. The van der Waals surface area contributed by atoms with Crippen molar-refractivity contribution >= 4 is 24.5 Å². The first-order valence-corrected chi connectivity index (χ1v) is 16.5. The van der Waals surface area contributed by atoms with Crippen LogP contribution in [0.15, 0.2) is 35.9 Å². The number of esters is 2. The number of carbonyl (C=O) groups excluding carboxylic acids is 4. The summed E-state index contributed by atoms with van der Waals surface area (Å²) < 4.78 is 11.6. The molecular weight excluding hydrogens is 558 g/mol. The molecule has 0 aromatic heterocycles. The molecule has 11 atom stereocenters. The maximum atomic E-state index is 13.5. The Morgan fingerprint density at radius 1 is 1.07 bits per heavy atom. The molecule has 44 heavy (non-hydrogen) atoms. The molecule has 8 nitrogen and oxygen atoms in total. The average Bonchev–Trinajstić information content (AvgIpc) is 3.28. The predicted octanol–water partition coefficient (Wildman–Crippen LogP) is 4.70. The smallest absolute Gasteiger partial charge is 0.331 e. The highest BCUT2D eigenvalue weighted by Crippen LogP contribution is 2.78. The van der Waals surface area contributed by atoms with Gasteiger partial charge in [0, 0.05) is 18.4 Å². The maximum Gasteiger partial charge on any atom is 0.331 e. The van der Waals surface area contributed by atoms with Gasteiger partial charge < -0.3 is 29.9 Å².